The molecule has 0 aliphatic heterocycles. The van der Waals surface area contributed by atoms with Gasteiger partial charge in [-0.3, -0.25) is 4.79 Å². The van der Waals surface area contributed by atoms with Gasteiger partial charge in [-0.1, -0.05) is 38.4 Å². The Kier molecular flexibility index (Phi) is 5.37. The van der Waals surface area contributed by atoms with E-state index in [0.717, 1.165) is 6.54 Å². The van der Waals surface area contributed by atoms with Crippen LogP contribution in [0.1, 0.15) is 52.4 Å². The van der Waals surface area contributed by atoms with E-state index in [9.17, 15) is 4.79 Å². The molecular formula is C13H24N2OS. The first kappa shape index (κ1) is 14.4. The van der Waals surface area contributed by atoms with E-state index in [1.807, 2.05) is 13.8 Å². The highest BCUT2D eigenvalue weighted by molar-refractivity contribution is 7.80. The van der Waals surface area contributed by atoms with Gasteiger partial charge in [0.05, 0.1) is 10.4 Å². The minimum Gasteiger partial charge on any atom is -0.392 e. The molecule has 3 nitrogen and oxygen atoms in total. The molecule has 0 radical (unpaired) electrons. The minimum atomic E-state index is -0.690. The van der Waals surface area contributed by atoms with Gasteiger partial charge in [-0.2, -0.15) is 0 Å². The van der Waals surface area contributed by atoms with E-state index in [4.69, 9.17) is 18.0 Å². The number of rotatable bonds is 5. The zero-order valence-corrected chi connectivity index (χ0v) is 11.7. The largest absolute Gasteiger partial charge is 0.392 e. The summed E-state index contributed by atoms with van der Waals surface area (Å²) in [7, 11) is 0. The molecule has 3 N–H and O–H groups in total. The van der Waals surface area contributed by atoms with Crippen molar-refractivity contribution in [2.24, 2.45) is 17.1 Å². The molecule has 0 aromatic heterocycles. The van der Waals surface area contributed by atoms with Gasteiger partial charge in [0.15, 0.2) is 0 Å². The summed E-state index contributed by atoms with van der Waals surface area (Å²) in [4.78, 5) is 12.4. The fraction of sp³-hybridized carbons (Fsp3) is 0.846. The van der Waals surface area contributed by atoms with Crippen molar-refractivity contribution in [2.75, 3.05) is 6.54 Å². The van der Waals surface area contributed by atoms with Gasteiger partial charge in [0.1, 0.15) is 0 Å². The second-order valence-electron chi connectivity index (χ2n) is 5.26. The number of hydrogen-bond donors (Lipinski definition) is 2. The Morgan fingerprint density at radius 1 is 1.41 bits per heavy atom. The standard InChI is InChI=1S/C13H24N2OS/c1-3-13(2,11(14)17)12(16)15-9-10-7-5-4-6-8-10/h10H,3-9H2,1-2H3,(H2,14,17)(H,15,16). The lowest BCUT2D eigenvalue weighted by molar-refractivity contribution is -0.127. The second kappa shape index (κ2) is 6.34. The molecule has 1 aliphatic rings. The average Bonchev–Trinajstić information content (AvgIpc) is 2.35. The Labute approximate surface area is 110 Å². The lowest BCUT2D eigenvalue weighted by Crippen LogP contribution is -2.47. The quantitative estimate of drug-likeness (QED) is 0.743. The van der Waals surface area contributed by atoms with Gasteiger partial charge in [0.2, 0.25) is 5.91 Å². The first-order valence-corrected chi connectivity index (χ1v) is 6.99. The summed E-state index contributed by atoms with van der Waals surface area (Å²) in [5.41, 5.74) is 4.97. The fourth-order valence-electron chi connectivity index (χ4n) is 2.27. The molecule has 0 spiro atoms. The molecule has 17 heavy (non-hydrogen) atoms. The highest BCUT2D eigenvalue weighted by Gasteiger charge is 2.34. The molecule has 1 fully saturated rings. The number of carbonyl (C=O) groups is 1. The second-order valence-corrected chi connectivity index (χ2v) is 5.70. The van der Waals surface area contributed by atoms with Crippen molar-refractivity contribution >= 4 is 23.1 Å². The van der Waals surface area contributed by atoms with Crippen LogP contribution in [0, 0.1) is 11.3 Å². The van der Waals surface area contributed by atoms with Crippen LogP contribution >= 0.6 is 12.2 Å². The van der Waals surface area contributed by atoms with Gasteiger partial charge in [-0.25, -0.2) is 0 Å². The van der Waals surface area contributed by atoms with Crippen molar-refractivity contribution in [3.05, 3.63) is 0 Å². The Bertz CT molecular complexity index is 287. The van der Waals surface area contributed by atoms with Crippen LogP contribution in [0.2, 0.25) is 0 Å². The molecule has 1 atom stereocenters. The molecule has 1 unspecified atom stereocenters. The zero-order chi connectivity index (χ0) is 12.9. The molecule has 0 aromatic rings. The maximum Gasteiger partial charge on any atom is 0.232 e. The van der Waals surface area contributed by atoms with Crippen LogP contribution in [0.5, 0.6) is 0 Å². The maximum absolute atomic E-state index is 12.1. The normalized spacial score (nSPS) is 20.6. The van der Waals surface area contributed by atoms with Crippen molar-refractivity contribution in [2.45, 2.75) is 52.4 Å². The molecule has 1 rings (SSSR count). The Morgan fingerprint density at radius 3 is 2.47 bits per heavy atom. The highest BCUT2D eigenvalue weighted by atomic mass is 32.1. The van der Waals surface area contributed by atoms with Gasteiger partial charge in [-0.05, 0) is 32.1 Å². The zero-order valence-electron chi connectivity index (χ0n) is 10.9. The van der Waals surface area contributed by atoms with E-state index < -0.39 is 5.41 Å². The molecule has 0 saturated heterocycles. The van der Waals surface area contributed by atoms with Crippen molar-refractivity contribution in [1.29, 1.82) is 0 Å². The summed E-state index contributed by atoms with van der Waals surface area (Å²) < 4.78 is 0. The number of carbonyl (C=O) groups excluding carboxylic acids is 1. The lowest BCUT2D eigenvalue weighted by Gasteiger charge is -2.28. The molecule has 1 saturated carbocycles. The maximum atomic E-state index is 12.1. The third-order valence-corrected chi connectivity index (χ3v) is 4.48. The van der Waals surface area contributed by atoms with Crippen LogP contribution in [0.4, 0.5) is 0 Å². The van der Waals surface area contributed by atoms with Crippen LogP contribution in [0.15, 0.2) is 0 Å². The van der Waals surface area contributed by atoms with Gasteiger partial charge in [0, 0.05) is 6.54 Å². The van der Waals surface area contributed by atoms with E-state index in [1.165, 1.54) is 32.1 Å². The van der Waals surface area contributed by atoms with Crippen LogP contribution in [-0.2, 0) is 4.79 Å². The molecular weight excluding hydrogens is 232 g/mol. The molecule has 0 aromatic carbocycles. The van der Waals surface area contributed by atoms with Gasteiger partial charge in [-0.15, -0.1) is 0 Å². The molecule has 4 heteroatoms. The minimum absolute atomic E-state index is 0.0157. The van der Waals surface area contributed by atoms with Crippen LogP contribution < -0.4 is 11.1 Å². The van der Waals surface area contributed by atoms with Gasteiger partial charge >= 0.3 is 0 Å². The van der Waals surface area contributed by atoms with Crippen molar-refractivity contribution in [3.8, 4) is 0 Å². The third-order valence-electron chi connectivity index (χ3n) is 4.03. The monoisotopic (exact) mass is 256 g/mol. The number of nitrogens with two attached hydrogens (primary N) is 1. The van der Waals surface area contributed by atoms with Gasteiger partial charge in [0.25, 0.3) is 0 Å². The van der Waals surface area contributed by atoms with Crippen LogP contribution in [0.25, 0.3) is 0 Å². The fourth-order valence-corrected chi connectivity index (χ4v) is 2.51. The van der Waals surface area contributed by atoms with E-state index >= 15 is 0 Å². The summed E-state index contributed by atoms with van der Waals surface area (Å²) in [6.07, 6.45) is 7.04. The summed E-state index contributed by atoms with van der Waals surface area (Å²) in [5, 5.41) is 3.02. The lowest BCUT2D eigenvalue weighted by atomic mass is 9.85. The predicted octanol–water partition coefficient (Wildman–Crippen LogP) is 2.39. The van der Waals surface area contributed by atoms with Crippen LogP contribution in [0.3, 0.4) is 0 Å². The SMILES string of the molecule is CCC(C)(C(=O)NCC1CCCCC1)C(N)=S. The average molecular weight is 256 g/mol. The topological polar surface area (TPSA) is 55.1 Å². The van der Waals surface area contributed by atoms with Gasteiger partial charge < -0.3 is 11.1 Å². The summed E-state index contributed by atoms with van der Waals surface area (Å²) >= 11 is 4.99. The Hall–Kier alpha value is -0.640. The number of hydrogen-bond acceptors (Lipinski definition) is 2. The van der Waals surface area contributed by atoms with E-state index in [0.29, 0.717) is 17.3 Å². The van der Waals surface area contributed by atoms with E-state index in [1.54, 1.807) is 0 Å². The first-order chi connectivity index (χ1) is 8.00. The van der Waals surface area contributed by atoms with Crippen LogP contribution in [-0.4, -0.2) is 17.4 Å². The molecule has 0 bridgehead atoms. The summed E-state index contributed by atoms with van der Waals surface area (Å²) in [5.74, 6) is 0.623. The van der Waals surface area contributed by atoms with E-state index in [2.05, 4.69) is 5.32 Å². The first-order valence-electron chi connectivity index (χ1n) is 6.59. The molecule has 98 valence electrons. The number of nitrogens with one attached hydrogen (secondary N) is 1. The third kappa shape index (κ3) is 3.66. The summed E-state index contributed by atoms with van der Waals surface area (Å²) in [6.45, 7) is 4.54. The molecule has 1 amide bonds. The number of thiocarbonyl (C=S) groups is 1. The predicted molar refractivity (Wildman–Crippen MR) is 74.8 cm³/mol. The Balaban J connectivity index is 2.44. The Morgan fingerprint density at radius 2 is 2.00 bits per heavy atom. The number of amides is 1. The highest BCUT2D eigenvalue weighted by Crippen LogP contribution is 2.25. The molecule has 1 aliphatic carbocycles. The van der Waals surface area contributed by atoms with E-state index in [-0.39, 0.29) is 5.91 Å². The van der Waals surface area contributed by atoms with Crippen molar-refractivity contribution < 1.29 is 4.79 Å². The van der Waals surface area contributed by atoms with Crippen molar-refractivity contribution in [1.82, 2.24) is 5.32 Å². The molecule has 0 heterocycles. The van der Waals surface area contributed by atoms with Crippen molar-refractivity contribution in [3.63, 3.8) is 0 Å². The summed E-state index contributed by atoms with van der Waals surface area (Å²) in [6, 6.07) is 0. The smallest absolute Gasteiger partial charge is 0.232 e.